The normalized spacial score (nSPS) is 29.3. The molecule has 3 heterocycles. The van der Waals surface area contributed by atoms with Crippen LogP contribution in [-0.4, -0.2) is 88.7 Å². The minimum absolute atomic E-state index is 0.0174. The Bertz CT molecular complexity index is 1170. The predicted octanol–water partition coefficient (Wildman–Crippen LogP) is 4.00. The van der Waals surface area contributed by atoms with E-state index in [1.807, 2.05) is 64.2 Å². The molecule has 0 saturated carbocycles. The summed E-state index contributed by atoms with van der Waals surface area (Å²) in [6.45, 7) is 8.86. The molecule has 206 valence electrons. The van der Waals surface area contributed by atoms with Crippen molar-refractivity contribution in [3.63, 3.8) is 0 Å². The van der Waals surface area contributed by atoms with Gasteiger partial charge in [-0.2, -0.15) is 5.10 Å². The van der Waals surface area contributed by atoms with Gasteiger partial charge in [-0.15, -0.1) is 0 Å². The predicted molar refractivity (Wildman–Crippen MR) is 146 cm³/mol. The summed E-state index contributed by atoms with van der Waals surface area (Å²) in [4.78, 5) is 29.6. The number of aromatic amines is 1. The standard InChI is InChI=1S/C29H40N4O5/c1-19-5-9-24(34)17-27(35)38-28(21(3)15-22-7-8-23-18-30-31-25(23)16-22)20(2)6-10-26(19)37-29(36)33-13-11-32(4)12-14-33/h6-8,10,15-16,18-20,24,26,28,34H,5,9,11-14,17H2,1-4H3,(H,30,31)/b10-6+,21-15+/t19-,20-,24+,26+,28-/m0/s1. The summed E-state index contributed by atoms with van der Waals surface area (Å²) in [6, 6.07) is 5.99. The SMILES string of the molecule is C/C(=C\c1ccc2cn[nH]c2c1)[C@H]1OC(=O)C[C@H](O)CC[C@H](C)[C@H](OC(=O)N2CCN(C)CC2)/C=C/[C@@H]1C. The van der Waals surface area contributed by atoms with Crippen LogP contribution in [-0.2, 0) is 14.3 Å². The number of fused-ring (bicyclic) bond motifs is 1. The molecule has 1 amide bonds. The number of carbonyl (C=O) groups excluding carboxylic acids is 2. The maximum atomic E-state index is 12.9. The van der Waals surface area contributed by atoms with Crippen molar-refractivity contribution >= 4 is 29.0 Å². The summed E-state index contributed by atoms with van der Waals surface area (Å²) >= 11 is 0. The van der Waals surface area contributed by atoms with Crippen molar-refractivity contribution in [3.8, 4) is 0 Å². The van der Waals surface area contributed by atoms with E-state index in [2.05, 4.69) is 15.1 Å². The van der Waals surface area contributed by atoms with Crippen molar-refractivity contribution in [3.05, 3.63) is 47.7 Å². The summed E-state index contributed by atoms with van der Waals surface area (Å²) in [7, 11) is 2.04. The number of benzene rings is 1. The maximum Gasteiger partial charge on any atom is 0.410 e. The van der Waals surface area contributed by atoms with Crippen LogP contribution in [0.2, 0.25) is 0 Å². The molecular weight excluding hydrogens is 484 g/mol. The van der Waals surface area contributed by atoms with E-state index in [4.69, 9.17) is 9.47 Å². The molecule has 2 N–H and O–H groups in total. The van der Waals surface area contributed by atoms with E-state index in [-0.39, 0.29) is 24.3 Å². The lowest BCUT2D eigenvalue weighted by Crippen LogP contribution is -2.48. The monoisotopic (exact) mass is 524 g/mol. The van der Waals surface area contributed by atoms with Crippen LogP contribution >= 0.6 is 0 Å². The number of cyclic esters (lactones) is 1. The Balaban J connectivity index is 1.55. The fourth-order valence-corrected chi connectivity index (χ4v) is 5.02. The summed E-state index contributed by atoms with van der Waals surface area (Å²) in [5.41, 5.74) is 2.77. The van der Waals surface area contributed by atoms with E-state index in [0.29, 0.717) is 25.9 Å². The molecule has 9 nitrogen and oxygen atoms in total. The molecule has 0 bridgehead atoms. The van der Waals surface area contributed by atoms with Gasteiger partial charge in [0.1, 0.15) is 12.2 Å². The highest BCUT2D eigenvalue weighted by Gasteiger charge is 2.29. The highest BCUT2D eigenvalue weighted by atomic mass is 16.6. The maximum absolute atomic E-state index is 12.9. The average molecular weight is 525 g/mol. The lowest BCUT2D eigenvalue weighted by atomic mass is 9.91. The van der Waals surface area contributed by atoms with Crippen molar-refractivity contribution in [2.75, 3.05) is 33.2 Å². The van der Waals surface area contributed by atoms with Gasteiger partial charge in [-0.25, -0.2) is 4.79 Å². The highest BCUT2D eigenvalue weighted by Crippen LogP contribution is 2.26. The molecule has 1 aromatic heterocycles. The fourth-order valence-electron chi connectivity index (χ4n) is 5.02. The van der Waals surface area contributed by atoms with Crippen LogP contribution in [0.15, 0.2) is 42.1 Å². The summed E-state index contributed by atoms with van der Waals surface area (Å²) < 4.78 is 11.9. The van der Waals surface area contributed by atoms with Crippen LogP contribution in [0.4, 0.5) is 4.79 Å². The van der Waals surface area contributed by atoms with Crippen LogP contribution in [0.5, 0.6) is 0 Å². The number of piperazine rings is 1. The smallest absolute Gasteiger partial charge is 0.410 e. The minimum atomic E-state index is -0.814. The Kier molecular flexibility index (Phi) is 9.22. The van der Waals surface area contributed by atoms with Crippen molar-refractivity contribution in [2.24, 2.45) is 11.8 Å². The first-order valence-electron chi connectivity index (χ1n) is 13.5. The number of likely N-dealkylation sites (N-methyl/N-ethyl adjacent to an activating group) is 1. The first-order chi connectivity index (χ1) is 18.2. The second kappa shape index (κ2) is 12.6. The lowest BCUT2D eigenvalue weighted by molar-refractivity contribution is -0.151. The molecule has 2 aromatic rings. The molecule has 4 rings (SSSR count). The first-order valence-corrected chi connectivity index (χ1v) is 13.5. The van der Waals surface area contributed by atoms with Gasteiger partial charge in [0, 0.05) is 37.5 Å². The summed E-state index contributed by atoms with van der Waals surface area (Å²) in [5.74, 6) is -0.623. The molecule has 38 heavy (non-hydrogen) atoms. The summed E-state index contributed by atoms with van der Waals surface area (Å²) in [6.07, 6.45) is 6.53. The van der Waals surface area contributed by atoms with Crippen LogP contribution in [0, 0.1) is 11.8 Å². The number of carbonyl (C=O) groups is 2. The third-order valence-corrected chi connectivity index (χ3v) is 7.57. The Hall–Kier alpha value is -3.17. The molecule has 1 fully saturated rings. The number of aliphatic hydroxyl groups is 1. The Labute approximate surface area is 224 Å². The molecule has 1 saturated heterocycles. The lowest BCUT2D eigenvalue weighted by Gasteiger charge is -2.33. The number of H-pyrrole nitrogens is 1. The molecule has 0 spiro atoms. The van der Waals surface area contributed by atoms with Gasteiger partial charge < -0.3 is 24.4 Å². The number of hydrogen-bond donors (Lipinski definition) is 2. The zero-order valence-electron chi connectivity index (χ0n) is 22.8. The van der Waals surface area contributed by atoms with Crippen LogP contribution in [0.3, 0.4) is 0 Å². The third-order valence-electron chi connectivity index (χ3n) is 7.57. The van der Waals surface area contributed by atoms with Crippen molar-refractivity contribution < 1.29 is 24.2 Å². The highest BCUT2D eigenvalue weighted by molar-refractivity contribution is 5.80. The molecule has 0 unspecified atom stereocenters. The number of aromatic nitrogens is 2. The van der Waals surface area contributed by atoms with E-state index in [1.165, 1.54) is 0 Å². The number of amides is 1. The van der Waals surface area contributed by atoms with Gasteiger partial charge in [0.2, 0.25) is 0 Å². The van der Waals surface area contributed by atoms with Crippen molar-refractivity contribution in [2.45, 2.75) is 58.3 Å². The molecule has 9 heteroatoms. The van der Waals surface area contributed by atoms with E-state index in [1.54, 1.807) is 11.1 Å². The average Bonchev–Trinajstić information content (AvgIpc) is 3.35. The van der Waals surface area contributed by atoms with Gasteiger partial charge in [0.15, 0.2) is 0 Å². The molecule has 2 aliphatic heterocycles. The van der Waals surface area contributed by atoms with Crippen molar-refractivity contribution in [1.82, 2.24) is 20.0 Å². The topological polar surface area (TPSA) is 108 Å². The quantitative estimate of drug-likeness (QED) is 0.462. The van der Waals surface area contributed by atoms with Gasteiger partial charge in [0.25, 0.3) is 0 Å². The molecule has 2 aliphatic rings. The third kappa shape index (κ3) is 7.23. The number of esters is 1. The number of nitrogens with one attached hydrogen (secondary N) is 1. The van der Waals surface area contributed by atoms with E-state index >= 15 is 0 Å². The molecule has 1 aromatic carbocycles. The van der Waals surface area contributed by atoms with Crippen LogP contribution in [0.1, 0.15) is 45.6 Å². The second-order valence-electron chi connectivity index (χ2n) is 10.8. The van der Waals surface area contributed by atoms with Crippen LogP contribution in [0.25, 0.3) is 17.0 Å². The zero-order chi connectivity index (χ0) is 27.2. The van der Waals surface area contributed by atoms with Gasteiger partial charge in [-0.1, -0.05) is 38.1 Å². The van der Waals surface area contributed by atoms with Gasteiger partial charge in [-0.3, -0.25) is 9.89 Å². The van der Waals surface area contributed by atoms with Gasteiger partial charge in [0.05, 0.1) is 24.2 Å². The molecular formula is C29H40N4O5. The van der Waals surface area contributed by atoms with Gasteiger partial charge in [-0.05, 0) is 56.0 Å². The minimum Gasteiger partial charge on any atom is -0.457 e. The largest absolute Gasteiger partial charge is 0.457 e. The van der Waals surface area contributed by atoms with E-state index < -0.39 is 24.3 Å². The number of rotatable bonds is 3. The number of hydrogen-bond acceptors (Lipinski definition) is 7. The molecule has 0 aliphatic carbocycles. The van der Waals surface area contributed by atoms with Crippen LogP contribution < -0.4 is 0 Å². The fraction of sp³-hybridized carbons (Fsp3) is 0.552. The molecule has 0 radical (unpaired) electrons. The van der Waals surface area contributed by atoms with Crippen molar-refractivity contribution in [1.29, 1.82) is 0 Å². The number of ether oxygens (including phenoxy) is 2. The Morgan fingerprint density at radius 2 is 1.95 bits per heavy atom. The Morgan fingerprint density at radius 1 is 1.18 bits per heavy atom. The Morgan fingerprint density at radius 3 is 2.71 bits per heavy atom. The zero-order valence-corrected chi connectivity index (χ0v) is 22.8. The number of nitrogens with zero attached hydrogens (tertiary/aromatic N) is 3. The van der Waals surface area contributed by atoms with E-state index in [0.717, 1.165) is 35.1 Å². The van der Waals surface area contributed by atoms with Gasteiger partial charge >= 0.3 is 12.1 Å². The summed E-state index contributed by atoms with van der Waals surface area (Å²) in [5, 5.41) is 18.6. The molecule has 5 atom stereocenters. The first kappa shape index (κ1) is 27.9. The number of aliphatic hydroxyl groups excluding tert-OH is 1. The van der Waals surface area contributed by atoms with E-state index in [9.17, 15) is 14.7 Å². The second-order valence-corrected chi connectivity index (χ2v) is 10.8.